The smallest absolute Gasteiger partial charge is 0.244 e. The minimum atomic E-state index is -0.283. The summed E-state index contributed by atoms with van der Waals surface area (Å²) in [5, 5.41) is 4.00. The Kier molecular flexibility index (Phi) is 9.71. The van der Waals surface area contributed by atoms with Crippen LogP contribution < -0.4 is 10.1 Å². The number of ether oxygens (including phenoxy) is 1. The van der Waals surface area contributed by atoms with Crippen LogP contribution in [0.4, 0.5) is 4.39 Å². The molecule has 0 saturated carbocycles. The second kappa shape index (κ2) is 12.7. The van der Waals surface area contributed by atoms with Crippen molar-refractivity contribution < 1.29 is 18.3 Å². The van der Waals surface area contributed by atoms with Crippen LogP contribution in [0.3, 0.4) is 0 Å². The molecule has 6 heteroatoms. The molecule has 0 spiro atoms. The van der Waals surface area contributed by atoms with Crippen molar-refractivity contribution in [2.45, 2.75) is 60.4 Å². The van der Waals surface area contributed by atoms with E-state index in [4.69, 9.17) is 9.15 Å². The number of nitrogens with zero attached hydrogens (tertiary/aromatic N) is 1. The van der Waals surface area contributed by atoms with Gasteiger partial charge in [-0.3, -0.25) is 4.79 Å². The van der Waals surface area contributed by atoms with E-state index in [9.17, 15) is 9.18 Å². The summed E-state index contributed by atoms with van der Waals surface area (Å²) in [4.78, 5) is 15.2. The fourth-order valence-electron chi connectivity index (χ4n) is 4.58. The van der Waals surface area contributed by atoms with Gasteiger partial charge >= 0.3 is 0 Å². The number of fused-ring (bicyclic) bond motifs is 1. The molecular weight excluding hydrogens is 455 g/mol. The number of halogens is 1. The van der Waals surface area contributed by atoms with E-state index in [2.05, 4.69) is 24.1 Å². The maximum absolute atomic E-state index is 13.5. The fraction of sp³-hybridized carbons (Fsp3) is 0.433. The quantitative estimate of drug-likeness (QED) is 0.276. The topological polar surface area (TPSA) is 54.7 Å². The van der Waals surface area contributed by atoms with Crippen LogP contribution in [0.15, 0.2) is 47.1 Å². The van der Waals surface area contributed by atoms with Gasteiger partial charge in [0.05, 0.1) is 12.9 Å². The predicted molar refractivity (Wildman–Crippen MR) is 146 cm³/mol. The minimum absolute atomic E-state index is 0.0895. The molecule has 1 amide bonds. The number of hydrogen-bond acceptors (Lipinski definition) is 4. The molecule has 1 unspecified atom stereocenters. The number of allylic oxidation sites excluding steroid dienone is 1. The van der Waals surface area contributed by atoms with Crippen LogP contribution in [-0.4, -0.2) is 43.1 Å². The van der Waals surface area contributed by atoms with Gasteiger partial charge in [-0.1, -0.05) is 26.0 Å². The Morgan fingerprint density at radius 1 is 1.19 bits per heavy atom. The Balaban J connectivity index is 1.86. The van der Waals surface area contributed by atoms with Crippen molar-refractivity contribution in [3.8, 4) is 16.9 Å². The number of carbonyl (C=O) groups excluding carboxylic acids is 1. The number of nitrogens with one attached hydrogen (secondary N) is 1. The van der Waals surface area contributed by atoms with Gasteiger partial charge in [-0.2, -0.15) is 0 Å². The lowest BCUT2D eigenvalue weighted by atomic mass is 9.96. The van der Waals surface area contributed by atoms with Crippen molar-refractivity contribution in [2.75, 3.05) is 26.2 Å². The maximum atomic E-state index is 13.5. The normalized spacial score (nSPS) is 12.8. The van der Waals surface area contributed by atoms with Crippen molar-refractivity contribution in [3.63, 3.8) is 0 Å². The Hall–Kier alpha value is -3.12. The third-order valence-electron chi connectivity index (χ3n) is 6.65. The molecule has 1 aromatic heterocycles. The highest BCUT2D eigenvalue weighted by Gasteiger charge is 2.19. The molecule has 1 N–H and O–H groups in total. The van der Waals surface area contributed by atoms with Crippen LogP contribution in [0.5, 0.6) is 5.75 Å². The Bertz CT molecular complexity index is 1190. The summed E-state index contributed by atoms with van der Waals surface area (Å²) in [5.74, 6) is 0.307. The zero-order valence-corrected chi connectivity index (χ0v) is 22.4. The van der Waals surface area contributed by atoms with E-state index in [1.165, 1.54) is 12.1 Å². The molecule has 2 aromatic carbocycles. The van der Waals surface area contributed by atoms with Gasteiger partial charge in [0.1, 0.15) is 17.1 Å². The van der Waals surface area contributed by atoms with E-state index in [-0.39, 0.29) is 17.8 Å². The van der Waals surface area contributed by atoms with Crippen molar-refractivity contribution in [3.05, 3.63) is 59.6 Å². The summed E-state index contributed by atoms with van der Waals surface area (Å²) in [7, 11) is 0. The van der Waals surface area contributed by atoms with Crippen LogP contribution in [-0.2, 0) is 4.79 Å². The van der Waals surface area contributed by atoms with Crippen molar-refractivity contribution >= 4 is 22.4 Å². The number of rotatable bonds is 12. The van der Waals surface area contributed by atoms with Gasteiger partial charge in [0.25, 0.3) is 0 Å². The molecule has 0 saturated heterocycles. The largest absolute Gasteiger partial charge is 0.493 e. The Labute approximate surface area is 214 Å². The van der Waals surface area contributed by atoms with Gasteiger partial charge in [0.15, 0.2) is 0 Å². The van der Waals surface area contributed by atoms with Crippen LogP contribution >= 0.6 is 0 Å². The molecule has 0 aliphatic heterocycles. The third-order valence-corrected chi connectivity index (χ3v) is 6.65. The van der Waals surface area contributed by atoms with Crippen LogP contribution in [0.1, 0.15) is 58.6 Å². The Morgan fingerprint density at radius 2 is 1.89 bits per heavy atom. The van der Waals surface area contributed by atoms with Crippen LogP contribution in [0.2, 0.25) is 0 Å². The lowest BCUT2D eigenvalue weighted by Crippen LogP contribution is -2.32. The highest BCUT2D eigenvalue weighted by Crippen LogP contribution is 2.40. The first-order valence-electron chi connectivity index (χ1n) is 12.9. The Morgan fingerprint density at radius 3 is 2.53 bits per heavy atom. The van der Waals surface area contributed by atoms with Gasteiger partial charge in [0.2, 0.25) is 5.91 Å². The molecule has 5 nitrogen and oxygen atoms in total. The summed E-state index contributed by atoms with van der Waals surface area (Å²) >= 11 is 0. The summed E-state index contributed by atoms with van der Waals surface area (Å²) in [6, 6.07) is 8.45. The van der Waals surface area contributed by atoms with E-state index >= 15 is 0 Å². The number of carbonyl (C=O) groups is 1. The lowest BCUT2D eigenvalue weighted by molar-refractivity contribution is -0.117. The highest BCUT2D eigenvalue weighted by molar-refractivity contribution is 6.01. The van der Waals surface area contributed by atoms with Gasteiger partial charge in [0, 0.05) is 34.2 Å². The van der Waals surface area contributed by atoms with Gasteiger partial charge in [-0.05, 0) is 89.5 Å². The summed E-state index contributed by atoms with van der Waals surface area (Å²) in [5.41, 5.74) is 4.98. The highest BCUT2D eigenvalue weighted by atomic mass is 19.1. The molecule has 0 aliphatic carbocycles. The number of furan rings is 1. The standard InChI is InChI=1S/C30H39FN2O3/c1-7-33(8-2)16-10-11-21(5)32-28(34)17-20(4)25-18-26-27(23-12-14-24(31)15-13-23)19-36-30(26)22(6)29(25)35-9-3/h12-15,17-19,21H,7-11,16H2,1-6H3,(H,32,34)/b20-17+. The van der Waals surface area contributed by atoms with Crippen molar-refractivity contribution in [1.82, 2.24) is 10.2 Å². The zero-order chi connectivity index (χ0) is 26.2. The molecule has 3 rings (SSSR count). The van der Waals surface area contributed by atoms with Gasteiger partial charge in [-0.15, -0.1) is 0 Å². The summed E-state index contributed by atoms with van der Waals surface area (Å²) in [6.07, 6.45) is 5.31. The predicted octanol–water partition coefficient (Wildman–Crippen LogP) is 6.98. The number of amides is 1. The summed E-state index contributed by atoms with van der Waals surface area (Å²) < 4.78 is 25.4. The maximum Gasteiger partial charge on any atom is 0.244 e. The third kappa shape index (κ3) is 6.55. The van der Waals surface area contributed by atoms with E-state index in [1.807, 2.05) is 33.8 Å². The first kappa shape index (κ1) is 27.5. The molecule has 36 heavy (non-hydrogen) atoms. The average Bonchev–Trinajstić information content (AvgIpc) is 3.28. The molecule has 0 fully saturated rings. The average molecular weight is 495 g/mol. The van der Waals surface area contributed by atoms with E-state index in [1.54, 1.807) is 24.5 Å². The van der Waals surface area contributed by atoms with Crippen molar-refractivity contribution in [2.24, 2.45) is 0 Å². The summed E-state index contributed by atoms with van der Waals surface area (Å²) in [6.45, 7) is 15.8. The number of aryl methyl sites for hydroxylation is 1. The monoisotopic (exact) mass is 494 g/mol. The van der Waals surface area contributed by atoms with E-state index in [0.29, 0.717) is 12.4 Å². The number of hydrogen-bond donors (Lipinski definition) is 1. The van der Waals surface area contributed by atoms with Gasteiger partial charge < -0.3 is 19.4 Å². The second-order valence-electron chi connectivity index (χ2n) is 9.25. The van der Waals surface area contributed by atoms with E-state index in [0.717, 1.165) is 71.3 Å². The zero-order valence-electron chi connectivity index (χ0n) is 22.4. The molecule has 194 valence electrons. The van der Waals surface area contributed by atoms with Crippen LogP contribution in [0.25, 0.3) is 27.7 Å². The first-order valence-corrected chi connectivity index (χ1v) is 12.9. The minimum Gasteiger partial charge on any atom is -0.493 e. The van der Waals surface area contributed by atoms with E-state index < -0.39 is 0 Å². The molecule has 0 bridgehead atoms. The van der Waals surface area contributed by atoms with Gasteiger partial charge in [-0.25, -0.2) is 4.39 Å². The second-order valence-corrected chi connectivity index (χ2v) is 9.25. The number of benzene rings is 2. The molecule has 3 aromatic rings. The molecule has 1 heterocycles. The van der Waals surface area contributed by atoms with Crippen LogP contribution in [0, 0.1) is 12.7 Å². The van der Waals surface area contributed by atoms with Crippen molar-refractivity contribution in [1.29, 1.82) is 0 Å². The lowest BCUT2D eigenvalue weighted by Gasteiger charge is -2.19. The first-order chi connectivity index (χ1) is 17.3. The SMILES string of the molecule is CCOc1c(/C(C)=C/C(=O)NC(C)CCCN(CC)CC)cc2c(-c3ccc(F)cc3)coc2c1C. The molecule has 0 aliphatic rings. The molecular formula is C30H39FN2O3. The molecule has 1 atom stereocenters. The molecule has 0 radical (unpaired) electrons. The fourth-order valence-corrected chi connectivity index (χ4v) is 4.58.